The van der Waals surface area contributed by atoms with Crippen molar-refractivity contribution in [3.05, 3.63) is 80.9 Å². The zero-order valence-electron chi connectivity index (χ0n) is 11.6. The molecule has 0 spiro atoms. The van der Waals surface area contributed by atoms with E-state index in [2.05, 4.69) is 53.2 Å². The topological polar surface area (TPSA) is 0 Å². The third-order valence-corrected chi connectivity index (χ3v) is 5.09. The van der Waals surface area contributed by atoms with E-state index in [1.165, 1.54) is 33.0 Å². The van der Waals surface area contributed by atoms with Crippen LogP contribution < -0.4 is 0 Å². The zero-order valence-corrected chi connectivity index (χ0v) is 14.0. The van der Waals surface area contributed by atoms with Crippen molar-refractivity contribution in [2.75, 3.05) is 0 Å². The standard InChI is InChI=1S/C18H14BrFS/c1-12-2-5-15(19)10-14(12)11-17-8-9-18(21-17)13-3-6-16(20)7-4-13/h2-10H,11H2,1H3. The van der Waals surface area contributed by atoms with E-state index in [9.17, 15) is 4.39 Å². The lowest BCUT2D eigenvalue weighted by molar-refractivity contribution is 0.628. The lowest BCUT2D eigenvalue weighted by atomic mass is 10.1. The summed E-state index contributed by atoms with van der Waals surface area (Å²) in [6, 6.07) is 17.3. The van der Waals surface area contributed by atoms with Crippen LogP contribution in [0.25, 0.3) is 10.4 Å². The SMILES string of the molecule is Cc1ccc(Br)cc1Cc1ccc(-c2ccc(F)cc2)s1. The molecule has 0 nitrogen and oxygen atoms in total. The molecule has 0 aliphatic heterocycles. The quantitative estimate of drug-likeness (QED) is 0.520. The van der Waals surface area contributed by atoms with Crippen LogP contribution in [0, 0.1) is 12.7 Å². The van der Waals surface area contributed by atoms with Gasteiger partial charge in [0.15, 0.2) is 0 Å². The Labute approximate surface area is 136 Å². The van der Waals surface area contributed by atoms with Crippen LogP contribution in [-0.2, 0) is 6.42 Å². The van der Waals surface area contributed by atoms with Gasteiger partial charge in [0.05, 0.1) is 0 Å². The van der Waals surface area contributed by atoms with E-state index in [0.29, 0.717) is 0 Å². The average molecular weight is 361 g/mol. The molecule has 2 aromatic carbocycles. The van der Waals surface area contributed by atoms with Crippen molar-refractivity contribution in [1.82, 2.24) is 0 Å². The molecule has 3 rings (SSSR count). The largest absolute Gasteiger partial charge is 0.207 e. The van der Waals surface area contributed by atoms with E-state index < -0.39 is 0 Å². The molecule has 0 atom stereocenters. The molecule has 0 fully saturated rings. The van der Waals surface area contributed by atoms with Crippen LogP contribution in [0.15, 0.2) is 59.1 Å². The van der Waals surface area contributed by atoms with E-state index in [0.717, 1.165) is 16.5 Å². The number of hydrogen-bond acceptors (Lipinski definition) is 1. The van der Waals surface area contributed by atoms with Crippen LogP contribution in [-0.4, -0.2) is 0 Å². The van der Waals surface area contributed by atoms with E-state index in [-0.39, 0.29) is 5.82 Å². The fourth-order valence-electron chi connectivity index (χ4n) is 2.26. The predicted octanol–water partition coefficient (Wildman–Crippen LogP) is 6.22. The van der Waals surface area contributed by atoms with Crippen LogP contribution in [0.5, 0.6) is 0 Å². The van der Waals surface area contributed by atoms with E-state index >= 15 is 0 Å². The highest BCUT2D eigenvalue weighted by molar-refractivity contribution is 9.10. The number of rotatable bonds is 3. The Morgan fingerprint density at radius 3 is 2.52 bits per heavy atom. The van der Waals surface area contributed by atoms with Crippen molar-refractivity contribution >= 4 is 27.3 Å². The molecule has 21 heavy (non-hydrogen) atoms. The molecule has 3 aromatic rings. The molecular formula is C18H14BrFS. The summed E-state index contributed by atoms with van der Waals surface area (Å²) < 4.78 is 14.1. The summed E-state index contributed by atoms with van der Waals surface area (Å²) in [6.07, 6.45) is 0.928. The van der Waals surface area contributed by atoms with Gasteiger partial charge < -0.3 is 0 Å². The van der Waals surface area contributed by atoms with Gasteiger partial charge in [-0.05, 0) is 60.0 Å². The number of halogens is 2. The van der Waals surface area contributed by atoms with Crippen LogP contribution in [0.4, 0.5) is 4.39 Å². The third-order valence-electron chi connectivity index (χ3n) is 3.47. The monoisotopic (exact) mass is 360 g/mol. The molecule has 0 N–H and O–H groups in total. The summed E-state index contributed by atoms with van der Waals surface area (Å²) in [5.41, 5.74) is 3.70. The molecule has 0 bridgehead atoms. The zero-order chi connectivity index (χ0) is 14.8. The van der Waals surface area contributed by atoms with Gasteiger partial charge >= 0.3 is 0 Å². The highest BCUT2D eigenvalue weighted by Crippen LogP contribution is 2.30. The van der Waals surface area contributed by atoms with Gasteiger partial charge in [0.1, 0.15) is 5.82 Å². The molecule has 0 aliphatic carbocycles. The molecule has 0 saturated carbocycles. The minimum Gasteiger partial charge on any atom is -0.207 e. The molecule has 1 aromatic heterocycles. The molecule has 1 heterocycles. The molecule has 0 radical (unpaired) electrons. The molecule has 0 unspecified atom stereocenters. The van der Waals surface area contributed by atoms with Gasteiger partial charge in [-0.15, -0.1) is 11.3 Å². The molecule has 0 saturated heterocycles. The van der Waals surface area contributed by atoms with Crippen LogP contribution in [0.3, 0.4) is 0 Å². The summed E-state index contributed by atoms with van der Waals surface area (Å²) in [4.78, 5) is 2.49. The Morgan fingerprint density at radius 2 is 1.76 bits per heavy atom. The van der Waals surface area contributed by atoms with Crippen molar-refractivity contribution in [3.8, 4) is 10.4 Å². The summed E-state index contributed by atoms with van der Waals surface area (Å²) in [5, 5.41) is 0. The minimum absolute atomic E-state index is 0.194. The van der Waals surface area contributed by atoms with E-state index in [4.69, 9.17) is 0 Å². The number of hydrogen-bond donors (Lipinski definition) is 0. The second-order valence-electron chi connectivity index (χ2n) is 5.02. The summed E-state index contributed by atoms with van der Waals surface area (Å²) in [6.45, 7) is 2.14. The van der Waals surface area contributed by atoms with Gasteiger partial charge in [-0.1, -0.05) is 34.1 Å². The first-order chi connectivity index (χ1) is 10.1. The first-order valence-electron chi connectivity index (χ1n) is 6.71. The normalized spacial score (nSPS) is 10.8. The first kappa shape index (κ1) is 14.5. The van der Waals surface area contributed by atoms with Crippen molar-refractivity contribution in [3.63, 3.8) is 0 Å². The van der Waals surface area contributed by atoms with Crippen LogP contribution in [0.2, 0.25) is 0 Å². The van der Waals surface area contributed by atoms with Crippen molar-refractivity contribution in [2.24, 2.45) is 0 Å². The number of thiophene rings is 1. The molecule has 0 amide bonds. The maximum atomic E-state index is 13.0. The maximum absolute atomic E-state index is 13.0. The van der Waals surface area contributed by atoms with E-state index in [1.54, 1.807) is 11.3 Å². The lowest BCUT2D eigenvalue weighted by Crippen LogP contribution is -1.89. The highest BCUT2D eigenvalue weighted by atomic mass is 79.9. The van der Waals surface area contributed by atoms with Crippen LogP contribution in [0.1, 0.15) is 16.0 Å². The second kappa shape index (κ2) is 6.12. The van der Waals surface area contributed by atoms with Gasteiger partial charge in [0.25, 0.3) is 0 Å². The fourth-order valence-corrected chi connectivity index (χ4v) is 3.71. The lowest BCUT2D eigenvalue weighted by Gasteiger charge is -2.04. The first-order valence-corrected chi connectivity index (χ1v) is 8.32. The Morgan fingerprint density at radius 1 is 1.00 bits per heavy atom. The maximum Gasteiger partial charge on any atom is 0.123 e. The van der Waals surface area contributed by atoms with Crippen molar-refractivity contribution in [2.45, 2.75) is 13.3 Å². The van der Waals surface area contributed by atoms with Crippen molar-refractivity contribution in [1.29, 1.82) is 0 Å². The highest BCUT2D eigenvalue weighted by Gasteiger charge is 2.06. The van der Waals surface area contributed by atoms with Crippen LogP contribution >= 0.6 is 27.3 Å². The van der Waals surface area contributed by atoms with Gasteiger partial charge in [-0.25, -0.2) is 4.39 Å². The Balaban J connectivity index is 1.85. The summed E-state index contributed by atoms with van der Waals surface area (Å²) in [7, 11) is 0. The van der Waals surface area contributed by atoms with Gasteiger partial charge in [0, 0.05) is 20.6 Å². The Hall–Kier alpha value is -1.45. The molecule has 106 valence electrons. The summed E-state index contributed by atoms with van der Waals surface area (Å²) >= 11 is 5.29. The third kappa shape index (κ3) is 3.42. The predicted molar refractivity (Wildman–Crippen MR) is 91.4 cm³/mol. The smallest absolute Gasteiger partial charge is 0.123 e. The molecular weight excluding hydrogens is 347 g/mol. The number of aryl methyl sites for hydroxylation is 1. The average Bonchev–Trinajstić information content (AvgIpc) is 2.92. The summed E-state index contributed by atoms with van der Waals surface area (Å²) in [5.74, 6) is -0.194. The Kier molecular flexibility index (Phi) is 4.22. The van der Waals surface area contributed by atoms with E-state index in [1.807, 2.05) is 12.1 Å². The second-order valence-corrected chi connectivity index (χ2v) is 7.10. The minimum atomic E-state index is -0.194. The number of benzene rings is 2. The van der Waals surface area contributed by atoms with Crippen molar-refractivity contribution < 1.29 is 4.39 Å². The molecule has 0 aliphatic rings. The Bertz CT molecular complexity index is 759. The fraction of sp³-hybridized carbons (Fsp3) is 0.111. The van der Waals surface area contributed by atoms with Gasteiger partial charge in [-0.3, -0.25) is 0 Å². The molecule has 3 heteroatoms. The van der Waals surface area contributed by atoms with Gasteiger partial charge in [-0.2, -0.15) is 0 Å². The van der Waals surface area contributed by atoms with Gasteiger partial charge in [0.2, 0.25) is 0 Å².